The number of hydrogen-bond donors (Lipinski definition) is 1. The molecule has 2 heterocycles. The minimum absolute atomic E-state index is 0.0812. The van der Waals surface area contributed by atoms with Gasteiger partial charge in [0.2, 0.25) is 10.0 Å². The lowest BCUT2D eigenvalue weighted by molar-refractivity contribution is -0.152. The van der Waals surface area contributed by atoms with E-state index in [1.165, 1.54) is 21.3 Å². The first kappa shape index (κ1) is 22.9. The third-order valence-electron chi connectivity index (χ3n) is 6.23. The van der Waals surface area contributed by atoms with Crippen molar-refractivity contribution >= 4 is 33.2 Å². The van der Waals surface area contributed by atoms with Gasteiger partial charge in [0.25, 0.3) is 5.91 Å². The summed E-state index contributed by atoms with van der Waals surface area (Å²) in [6, 6.07) is 8.01. The Labute approximate surface area is 192 Å². The predicted molar refractivity (Wildman–Crippen MR) is 122 cm³/mol. The summed E-state index contributed by atoms with van der Waals surface area (Å²) in [6.45, 7) is 2.73. The number of carbonyl (C=O) groups is 2. The molecule has 0 saturated heterocycles. The lowest BCUT2D eigenvalue weighted by Crippen LogP contribution is -2.56. The molecule has 4 rings (SSSR count). The van der Waals surface area contributed by atoms with E-state index in [9.17, 15) is 18.0 Å². The number of amides is 1. The van der Waals surface area contributed by atoms with Crippen molar-refractivity contribution < 1.29 is 22.7 Å². The summed E-state index contributed by atoms with van der Waals surface area (Å²) in [6.07, 6.45) is 4.39. The summed E-state index contributed by atoms with van der Waals surface area (Å²) < 4.78 is 33.2. The van der Waals surface area contributed by atoms with Gasteiger partial charge in [-0.3, -0.25) is 4.79 Å². The zero-order valence-electron chi connectivity index (χ0n) is 18.1. The molecule has 1 aromatic carbocycles. The Hall–Kier alpha value is -2.23. The van der Waals surface area contributed by atoms with Crippen LogP contribution in [0.1, 0.15) is 59.8 Å². The number of ether oxygens (including phenoxy) is 1. The Kier molecular flexibility index (Phi) is 6.69. The highest BCUT2D eigenvalue weighted by Crippen LogP contribution is 2.31. The fraction of sp³-hybridized carbons (Fsp3) is 0.478. The minimum Gasteiger partial charge on any atom is -0.464 e. The molecular formula is C23H28N2O5S2. The van der Waals surface area contributed by atoms with Gasteiger partial charge in [-0.2, -0.15) is 4.31 Å². The second-order valence-corrected chi connectivity index (χ2v) is 11.2. The highest BCUT2D eigenvalue weighted by molar-refractivity contribution is 7.89. The van der Waals surface area contributed by atoms with Gasteiger partial charge in [0.05, 0.1) is 11.5 Å². The summed E-state index contributed by atoms with van der Waals surface area (Å²) in [5.74, 6) is -0.882. The normalized spacial score (nSPS) is 18.5. The maximum absolute atomic E-state index is 13.3. The third kappa shape index (κ3) is 4.46. The number of benzene rings is 1. The number of sulfonamides is 1. The molecule has 0 unspecified atom stereocenters. The summed E-state index contributed by atoms with van der Waals surface area (Å²) >= 11 is 1.65. The van der Waals surface area contributed by atoms with Crippen molar-refractivity contribution in [1.82, 2.24) is 9.62 Å². The summed E-state index contributed by atoms with van der Waals surface area (Å²) in [5, 5.41) is 4.86. The standard InChI is InChI=1S/C23H28N2O5S2/c1-2-30-22(27)23(11-4-3-5-12-23)24-21(26)17-7-6-8-19(15-17)32(28,29)25-13-9-20-18(16-25)10-14-31-20/h6-8,10,14-15H,2-5,9,11-13,16H2,1H3,(H,24,26). The lowest BCUT2D eigenvalue weighted by atomic mass is 9.81. The highest BCUT2D eigenvalue weighted by Gasteiger charge is 2.42. The van der Waals surface area contributed by atoms with Crippen molar-refractivity contribution in [2.75, 3.05) is 13.2 Å². The van der Waals surface area contributed by atoms with Crippen LogP contribution in [0.2, 0.25) is 0 Å². The molecule has 2 aliphatic rings. The number of rotatable bonds is 6. The number of fused-ring (bicyclic) bond motifs is 1. The van der Waals surface area contributed by atoms with E-state index >= 15 is 0 Å². The van der Waals surface area contributed by atoms with Crippen molar-refractivity contribution in [3.05, 3.63) is 51.7 Å². The molecule has 9 heteroatoms. The quantitative estimate of drug-likeness (QED) is 0.645. The smallest absolute Gasteiger partial charge is 0.331 e. The van der Waals surface area contributed by atoms with Gasteiger partial charge in [0.15, 0.2) is 0 Å². The monoisotopic (exact) mass is 476 g/mol. The van der Waals surface area contributed by atoms with Crippen LogP contribution in [-0.2, 0) is 32.5 Å². The first-order valence-corrected chi connectivity index (χ1v) is 13.3. The first-order valence-electron chi connectivity index (χ1n) is 11.0. The molecule has 1 aromatic heterocycles. The maximum atomic E-state index is 13.3. The van der Waals surface area contributed by atoms with E-state index in [2.05, 4.69) is 5.32 Å². The molecule has 1 N–H and O–H groups in total. The van der Waals surface area contributed by atoms with Crippen LogP contribution in [0.15, 0.2) is 40.6 Å². The Bertz CT molecular complexity index is 1100. The van der Waals surface area contributed by atoms with Crippen LogP contribution in [0.5, 0.6) is 0 Å². The summed E-state index contributed by atoms with van der Waals surface area (Å²) in [7, 11) is -3.75. The molecule has 0 bridgehead atoms. The average molecular weight is 477 g/mol. The van der Waals surface area contributed by atoms with E-state index in [1.807, 2.05) is 11.4 Å². The fourth-order valence-corrected chi connectivity index (χ4v) is 6.82. The molecule has 0 spiro atoms. The van der Waals surface area contributed by atoms with Crippen molar-refractivity contribution in [3.63, 3.8) is 0 Å². The van der Waals surface area contributed by atoms with Crippen LogP contribution in [-0.4, -0.2) is 43.3 Å². The number of hydrogen-bond acceptors (Lipinski definition) is 6. The zero-order valence-corrected chi connectivity index (χ0v) is 19.8. The molecule has 172 valence electrons. The zero-order chi connectivity index (χ0) is 22.8. The van der Waals surface area contributed by atoms with E-state index in [1.54, 1.807) is 30.4 Å². The molecule has 1 aliphatic heterocycles. The van der Waals surface area contributed by atoms with Crippen LogP contribution in [0.4, 0.5) is 0 Å². The van der Waals surface area contributed by atoms with Gasteiger partial charge in [-0.15, -0.1) is 11.3 Å². The number of esters is 1. The number of carbonyl (C=O) groups excluding carboxylic acids is 2. The lowest BCUT2D eigenvalue weighted by Gasteiger charge is -2.35. The minimum atomic E-state index is -3.75. The first-order chi connectivity index (χ1) is 15.4. The van der Waals surface area contributed by atoms with E-state index in [0.29, 0.717) is 32.4 Å². The average Bonchev–Trinajstić information content (AvgIpc) is 3.28. The van der Waals surface area contributed by atoms with Crippen molar-refractivity contribution in [2.45, 2.75) is 62.4 Å². The molecule has 0 radical (unpaired) electrons. The van der Waals surface area contributed by atoms with E-state index < -0.39 is 27.4 Å². The number of thiophene rings is 1. The van der Waals surface area contributed by atoms with Gasteiger partial charge < -0.3 is 10.1 Å². The van der Waals surface area contributed by atoms with Crippen LogP contribution in [0.3, 0.4) is 0 Å². The molecule has 0 atom stereocenters. The van der Waals surface area contributed by atoms with Crippen LogP contribution in [0, 0.1) is 0 Å². The van der Waals surface area contributed by atoms with Crippen molar-refractivity contribution in [2.24, 2.45) is 0 Å². The van der Waals surface area contributed by atoms with E-state index in [-0.39, 0.29) is 17.1 Å². The topological polar surface area (TPSA) is 92.8 Å². The molecule has 1 fully saturated rings. The molecule has 7 nitrogen and oxygen atoms in total. The van der Waals surface area contributed by atoms with Crippen LogP contribution in [0.25, 0.3) is 0 Å². The van der Waals surface area contributed by atoms with Crippen LogP contribution < -0.4 is 5.32 Å². The Balaban J connectivity index is 1.55. The summed E-state index contributed by atoms with van der Waals surface area (Å²) in [5.41, 5.74) is 0.198. The number of nitrogens with zero attached hydrogens (tertiary/aromatic N) is 1. The molecule has 1 aliphatic carbocycles. The van der Waals surface area contributed by atoms with E-state index in [4.69, 9.17) is 4.74 Å². The maximum Gasteiger partial charge on any atom is 0.331 e. The van der Waals surface area contributed by atoms with Crippen molar-refractivity contribution in [1.29, 1.82) is 0 Å². The van der Waals surface area contributed by atoms with Gasteiger partial charge in [0, 0.05) is 23.5 Å². The van der Waals surface area contributed by atoms with Gasteiger partial charge in [-0.05, 0) is 61.4 Å². The largest absolute Gasteiger partial charge is 0.464 e. The van der Waals surface area contributed by atoms with Crippen LogP contribution >= 0.6 is 11.3 Å². The Morgan fingerprint density at radius 3 is 2.72 bits per heavy atom. The van der Waals surface area contributed by atoms with Gasteiger partial charge >= 0.3 is 5.97 Å². The third-order valence-corrected chi connectivity index (χ3v) is 9.10. The number of nitrogens with one attached hydrogen (secondary N) is 1. The molecule has 1 saturated carbocycles. The van der Waals surface area contributed by atoms with Gasteiger partial charge in [-0.1, -0.05) is 25.3 Å². The second-order valence-electron chi connectivity index (χ2n) is 8.30. The molecular weight excluding hydrogens is 448 g/mol. The summed E-state index contributed by atoms with van der Waals surface area (Å²) in [4.78, 5) is 27.0. The second kappa shape index (κ2) is 9.33. The Morgan fingerprint density at radius 1 is 1.19 bits per heavy atom. The fourth-order valence-electron chi connectivity index (χ4n) is 4.47. The SMILES string of the molecule is CCOC(=O)C1(NC(=O)c2cccc(S(=O)(=O)N3CCc4sccc4C3)c2)CCCCC1. The Morgan fingerprint density at radius 2 is 1.97 bits per heavy atom. The predicted octanol–water partition coefficient (Wildman–Crippen LogP) is 3.49. The van der Waals surface area contributed by atoms with Gasteiger partial charge in [0.1, 0.15) is 5.54 Å². The highest BCUT2D eigenvalue weighted by atomic mass is 32.2. The van der Waals surface area contributed by atoms with Gasteiger partial charge in [-0.25, -0.2) is 13.2 Å². The molecule has 1 amide bonds. The van der Waals surface area contributed by atoms with E-state index in [0.717, 1.165) is 24.8 Å². The van der Waals surface area contributed by atoms with Crippen molar-refractivity contribution in [3.8, 4) is 0 Å². The molecule has 2 aromatic rings. The molecule has 32 heavy (non-hydrogen) atoms.